The van der Waals surface area contributed by atoms with Crippen molar-refractivity contribution in [1.29, 1.82) is 0 Å². The van der Waals surface area contributed by atoms with Gasteiger partial charge in [-0.2, -0.15) is 11.8 Å². The molecule has 1 nitrogen and oxygen atoms in total. The van der Waals surface area contributed by atoms with Crippen LogP contribution in [-0.2, 0) is 0 Å². The molecule has 0 radical (unpaired) electrons. The standard InChI is InChI=1S/C15H29NS/c1-11-9-12(2)15(14(10-11)16-3)17-13-7-5-4-6-8-13/h11-16H,4-10H2,1-3H3. The maximum atomic E-state index is 3.58. The Kier molecular flexibility index (Phi) is 5.23. The molecule has 0 aromatic heterocycles. The number of hydrogen-bond acceptors (Lipinski definition) is 2. The van der Waals surface area contributed by atoms with Crippen molar-refractivity contribution in [2.45, 2.75) is 75.3 Å². The molecule has 0 amide bonds. The Balaban J connectivity index is 1.91. The maximum absolute atomic E-state index is 3.58. The van der Waals surface area contributed by atoms with Crippen molar-refractivity contribution >= 4 is 11.8 Å². The van der Waals surface area contributed by atoms with Crippen LogP contribution in [0.5, 0.6) is 0 Å². The third kappa shape index (κ3) is 3.64. The third-order valence-electron chi connectivity index (χ3n) is 4.66. The van der Waals surface area contributed by atoms with Crippen LogP contribution >= 0.6 is 11.8 Å². The molecule has 2 fully saturated rings. The van der Waals surface area contributed by atoms with Crippen molar-refractivity contribution in [1.82, 2.24) is 5.32 Å². The van der Waals surface area contributed by atoms with Gasteiger partial charge in [0.15, 0.2) is 0 Å². The summed E-state index contributed by atoms with van der Waals surface area (Å²) in [5.74, 6) is 1.80. The fourth-order valence-electron chi connectivity index (χ4n) is 3.76. The molecule has 4 unspecified atom stereocenters. The lowest BCUT2D eigenvalue weighted by molar-refractivity contribution is 0.256. The molecular formula is C15H29NS. The molecule has 0 spiro atoms. The zero-order valence-electron chi connectivity index (χ0n) is 11.7. The van der Waals surface area contributed by atoms with Gasteiger partial charge in [-0.15, -0.1) is 0 Å². The van der Waals surface area contributed by atoms with Gasteiger partial charge in [-0.25, -0.2) is 0 Å². The van der Waals surface area contributed by atoms with Crippen molar-refractivity contribution in [2.24, 2.45) is 11.8 Å². The molecule has 2 saturated carbocycles. The molecule has 2 heteroatoms. The molecule has 0 heterocycles. The smallest absolute Gasteiger partial charge is 0.0229 e. The van der Waals surface area contributed by atoms with Gasteiger partial charge in [0.25, 0.3) is 0 Å². The van der Waals surface area contributed by atoms with Gasteiger partial charge < -0.3 is 5.32 Å². The lowest BCUT2D eigenvalue weighted by Gasteiger charge is -2.41. The van der Waals surface area contributed by atoms with E-state index in [1.807, 2.05) is 0 Å². The average Bonchev–Trinajstić information content (AvgIpc) is 2.33. The Morgan fingerprint density at radius 3 is 2.35 bits per heavy atom. The number of thioether (sulfide) groups is 1. The average molecular weight is 255 g/mol. The maximum Gasteiger partial charge on any atom is 0.0229 e. The lowest BCUT2D eigenvalue weighted by atomic mass is 9.80. The van der Waals surface area contributed by atoms with Gasteiger partial charge in [-0.1, -0.05) is 33.1 Å². The summed E-state index contributed by atoms with van der Waals surface area (Å²) in [6, 6.07) is 0.751. The molecule has 0 bridgehead atoms. The van der Waals surface area contributed by atoms with Crippen molar-refractivity contribution in [3.05, 3.63) is 0 Å². The van der Waals surface area contributed by atoms with Gasteiger partial charge in [0, 0.05) is 16.5 Å². The van der Waals surface area contributed by atoms with Gasteiger partial charge in [0.1, 0.15) is 0 Å². The fraction of sp³-hybridized carbons (Fsp3) is 1.00. The summed E-state index contributed by atoms with van der Waals surface area (Å²) in [5, 5.41) is 5.40. The SMILES string of the molecule is CNC1CC(C)CC(C)C1SC1CCCCC1. The van der Waals surface area contributed by atoms with Crippen LogP contribution in [0.2, 0.25) is 0 Å². The lowest BCUT2D eigenvalue weighted by Crippen LogP contribution is -2.45. The topological polar surface area (TPSA) is 12.0 Å². The molecule has 4 atom stereocenters. The van der Waals surface area contributed by atoms with Gasteiger partial charge in [0.2, 0.25) is 0 Å². The summed E-state index contributed by atoms with van der Waals surface area (Å²) in [6.45, 7) is 4.89. The van der Waals surface area contributed by atoms with E-state index in [9.17, 15) is 0 Å². The van der Waals surface area contributed by atoms with Crippen molar-refractivity contribution in [3.8, 4) is 0 Å². The first-order chi connectivity index (χ1) is 8.20. The summed E-state index contributed by atoms with van der Waals surface area (Å²) in [4.78, 5) is 0. The van der Waals surface area contributed by atoms with Crippen LogP contribution in [0.3, 0.4) is 0 Å². The van der Waals surface area contributed by atoms with Crippen molar-refractivity contribution in [3.63, 3.8) is 0 Å². The van der Waals surface area contributed by atoms with Gasteiger partial charge in [0.05, 0.1) is 0 Å². The molecule has 0 saturated heterocycles. The van der Waals surface area contributed by atoms with E-state index < -0.39 is 0 Å². The highest BCUT2D eigenvalue weighted by molar-refractivity contribution is 8.00. The van der Waals surface area contributed by atoms with Crippen LogP contribution in [0, 0.1) is 11.8 Å². The second-order valence-electron chi connectivity index (χ2n) is 6.31. The van der Waals surface area contributed by atoms with Crippen LogP contribution < -0.4 is 5.32 Å². The minimum absolute atomic E-state index is 0.751. The van der Waals surface area contributed by atoms with Crippen LogP contribution in [0.25, 0.3) is 0 Å². The predicted octanol–water partition coefficient (Wildman–Crippen LogP) is 4.07. The first-order valence-electron chi connectivity index (χ1n) is 7.53. The summed E-state index contributed by atoms with van der Waals surface area (Å²) in [7, 11) is 2.16. The van der Waals surface area contributed by atoms with E-state index in [0.717, 1.165) is 28.4 Å². The van der Waals surface area contributed by atoms with E-state index in [1.165, 1.54) is 44.9 Å². The van der Waals surface area contributed by atoms with Crippen LogP contribution in [0.15, 0.2) is 0 Å². The fourth-order valence-corrected chi connectivity index (χ4v) is 5.63. The minimum Gasteiger partial charge on any atom is -0.316 e. The van der Waals surface area contributed by atoms with E-state index in [2.05, 4.69) is 38.0 Å². The quantitative estimate of drug-likeness (QED) is 0.815. The molecule has 2 aliphatic rings. The first-order valence-corrected chi connectivity index (χ1v) is 8.47. The van der Waals surface area contributed by atoms with Gasteiger partial charge in [-0.05, 0) is 44.6 Å². The predicted molar refractivity (Wildman–Crippen MR) is 78.7 cm³/mol. The molecule has 17 heavy (non-hydrogen) atoms. The number of nitrogens with one attached hydrogen (secondary N) is 1. The molecule has 0 aromatic rings. The molecule has 0 aliphatic heterocycles. The third-order valence-corrected chi connectivity index (χ3v) is 6.62. The zero-order valence-corrected chi connectivity index (χ0v) is 12.6. The second-order valence-corrected chi connectivity index (χ2v) is 7.79. The zero-order chi connectivity index (χ0) is 12.3. The first kappa shape index (κ1) is 13.7. The van der Waals surface area contributed by atoms with Crippen LogP contribution in [-0.4, -0.2) is 23.6 Å². The highest BCUT2D eigenvalue weighted by atomic mass is 32.2. The highest BCUT2D eigenvalue weighted by Crippen LogP contribution is 2.41. The van der Waals surface area contributed by atoms with Crippen molar-refractivity contribution in [2.75, 3.05) is 7.05 Å². The Morgan fingerprint density at radius 1 is 1.00 bits per heavy atom. The van der Waals surface area contributed by atoms with Gasteiger partial charge >= 0.3 is 0 Å². The molecule has 2 rings (SSSR count). The Morgan fingerprint density at radius 2 is 1.71 bits per heavy atom. The summed E-state index contributed by atoms with van der Waals surface area (Å²) in [5.41, 5.74) is 0. The normalized spacial score (nSPS) is 40.4. The summed E-state index contributed by atoms with van der Waals surface area (Å²) < 4.78 is 0. The van der Waals surface area contributed by atoms with E-state index >= 15 is 0 Å². The molecule has 0 aromatic carbocycles. The highest BCUT2D eigenvalue weighted by Gasteiger charge is 2.35. The number of hydrogen-bond donors (Lipinski definition) is 1. The molecule has 100 valence electrons. The van der Waals surface area contributed by atoms with Crippen LogP contribution in [0.1, 0.15) is 58.8 Å². The number of rotatable bonds is 3. The Bertz CT molecular complexity index is 225. The molecule has 2 aliphatic carbocycles. The van der Waals surface area contributed by atoms with E-state index in [1.54, 1.807) is 0 Å². The molecular weight excluding hydrogens is 226 g/mol. The monoisotopic (exact) mass is 255 g/mol. The van der Waals surface area contributed by atoms with E-state index in [4.69, 9.17) is 0 Å². The van der Waals surface area contributed by atoms with Crippen molar-refractivity contribution < 1.29 is 0 Å². The largest absolute Gasteiger partial charge is 0.316 e. The van der Waals surface area contributed by atoms with Crippen LogP contribution in [0.4, 0.5) is 0 Å². The molecule has 1 N–H and O–H groups in total. The summed E-state index contributed by atoms with van der Waals surface area (Å²) in [6.07, 6.45) is 10.2. The van der Waals surface area contributed by atoms with E-state index in [0.29, 0.717) is 0 Å². The minimum atomic E-state index is 0.751. The van der Waals surface area contributed by atoms with Gasteiger partial charge in [-0.3, -0.25) is 0 Å². The second kappa shape index (κ2) is 6.47. The van der Waals surface area contributed by atoms with E-state index in [-0.39, 0.29) is 0 Å². The Labute approximate surface area is 112 Å². The summed E-state index contributed by atoms with van der Waals surface area (Å²) >= 11 is 2.32. The Hall–Kier alpha value is 0.310.